The maximum absolute atomic E-state index is 12.0. The molecule has 1 rings (SSSR count). The highest BCUT2D eigenvalue weighted by molar-refractivity contribution is 5.82. The molecule has 1 aromatic rings. The van der Waals surface area contributed by atoms with Gasteiger partial charge in [0.25, 0.3) is 0 Å². The van der Waals surface area contributed by atoms with Crippen LogP contribution in [0.1, 0.15) is 31.9 Å². The second kappa shape index (κ2) is 7.26. The lowest BCUT2D eigenvalue weighted by atomic mass is 9.89. The van der Waals surface area contributed by atoms with E-state index in [0.29, 0.717) is 13.2 Å². The van der Waals surface area contributed by atoms with Gasteiger partial charge >= 0.3 is 0 Å². The van der Waals surface area contributed by atoms with Crippen LogP contribution in [0.25, 0.3) is 0 Å². The predicted octanol–water partition coefficient (Wildman–Crippen LogP) is 1.87. The fourth-order valence-corrected chi connectivity index (χ4v) is 1.71. The van der Waals surface area contributed by atoms with Gasteiger partial charge < -0.3 is 15.8 Å². The first kappa shape index (κ1) is 15.7. The van der Waals surface area contributed by atoms with Gasteiger partial charge in [0.1, 0.15) is 6.04 Å². The van der Waals surface area contributed by atoms with Gasteiger partial charge in [-0.05, 0) is 17.4 Å². The number of carbonyl (C=O) groups excluding carboxylic acids is 1. The number of ether oxygens (including phenoxy) is 1. The minimum Gasteiger partial charge on any atom is -0.385 e. The van der Waals surface area contributed by atoms with Gasteiger partial charge in [0.15, 0.2) is 0 Å². The Kier molecular flexibility index (Phi) is 5.99. The van der Waals surface area contributed by atoms with E-state index in [0.717, 1.165) is 12.0 Å². The van der Waals surface area contributed by atoms with Crippen LogP contribution >= 0.6 is 0 Å². The zero-order valence-corrected chi connectivity index (χ0v) is 12.0. The molecule has 1 aromatic carbocycles. The lowest BCUT2D eigenvalue weighted by molar-refractivity contribution is -0.123. The molecule has 0 saturated carbocycles. The molecule has 0 fully saturated rings. The first-order chi connectivity index (χ1) is 8.96. The van der Waals surface area contributed by atoms with Gasteiger partial charge in [-0.1, -0.05) is 44.2 Å². The fourth-order valence-electron chi connectivity index (χ4n) is 1.71. The van der Waals surface area contributed by atoms with Crippen molar-refractivity contribution in [3.8, 4) is 0 Å². The number of nitrogens with one attached hydrogen (secondary N) is 1. The smallest absolute Gasteiger partial charge is 0.241 e. The van der Waals surface area contributed by atoms with Crippen molar-refractivity contribution in [1.82, 2.24) is 5.32 Å². The average Bonchev–Trinajstić information content (AvgIpc) is 2.43. The van der Waals surface area contributed by atoms with Crippen LogP contribution in [0.15, 0.2) is 30.3 Å². The minimum absolute atomic E-state index is 0.00206. The summed E-state index contributed by atoms with van der Waals surface area (Å²) >= 11 is 0. The lowest BCUT2D eigenvalue weighted by Gasteiger charge is -2.25. The van der Waals surface area contributed by atoms with Gasteiger partial charge in [0, 0.05) is 20.3 Å². The summed E-state index contributed by atoms with van der Waals surface area (Å²) < 4.78 is 5.06. The first-order valence-electron chi connectivity index (χ1n) is 6.53. The van der Waals surface area contributed by atoms with E-state index < -0.39 is 6.04 Å². The maximum atomic E-state index is 12.0. The zero-order chi connectivity index (χ0) is 14.3. The van der Waals surface area contributed by atoms with Crippen LogP contribution in [0.5, 0.6) is 0 Å². The summed E-state index contributed by atoms with van der Waals surface area (Å²) in [5.74, 6) is -0.142. The summed E-state index contributed by atoms with van der Waals surface area (Å²) in [4.78, 5) is 12.0. The molecular formula is C15H24N2O2. The van der Waals surface area contributed by atoms with E-state index in [4.69, 9.17) is 10.5 Å². The van der Waals surface area contributed by atoms with Crippen LogP contribution < -0.4 is 11.1 Å². The van der Waals surface area contributed by atoms with Crippen LogP contribution in [0.2, 0.25) is 0 Å². The summed E-state index contributed by atoms with van der Waals surface area (Å²) in [5.41, 5.74) is 6.76. The van der Waals surface area contributed by atoms with Crippen molar-refractivity contribution in [2.75, 3.05) is 20.3 Å². The summed E-state index contributed by atoms with van der Waals surface area (Å²) in [7, 11) is 1.68. The van der Waals surface area contributed by atoms with Crippen molar-refractivity contribution in [3.05, 3.63) is 35.9 Å². The number of benzene rings is 1. The standard InChI is InChI=1S/C15H24N2O2/c1-15(2,9-10-19-3)11-17-14(18)13(16)12-7-5-4-6-8-12/h4-8,13H,9-11,16H2,1-3H3,(H,17,18)/t13-/m0/s1. The minimum atomic E-state index is -0.612. The van der Waals surface area contributed by atoms with E-state index in [-0.39, 0.29) is 11.3 Å². The van der Waals surface area contributed by atoms with Crippen molar-refractivity contribution in [1.29, 1.82) is 0 Å². The maximum Gasteiger partial charge on any atom is 0.241 e. The highest BCUT2D eigenvalue weighted by Gasteiger charge is 2.21. The third-order valence-corrected chi connectivity index (χ3v) is 3.17. The third kappa shape index (κ3) is 5.41. The van der Waals surface area contributed by atoms with Crippen LogP contribution in [0.4, 0.5) is 0 Å². The molecule has 0 bridgehead atoms. The number of methoxy groups -OCH3 is 1. The average molecular weight is 264 g/mol. The van der Waals surface area contributed by atoms with Gasteiger partial charge in [-0.15, -0.1) is 0 Å². The molecular weight excluding hydrogens is 240 g/mol. The molecule has 3 N–H and O–H groups in total. The van der Waals surface area contributed by atoms with Gasteiger partial charge in [0.05, 0.1) is 0 Å². The van der Waals surface area contributed by atoms with E-state index in [9.17, 15) is 4.79 Å². The fraction of sp³-hybridized carbons (Fsp3) is 0.533. The van der Waals surface area contributed by atoms with Crippen LogP contribution in [0.3, 0.4) is 0 Å². The van der Waals surface area contributed by atoms with Crippen molar-refractivity contribution in [2.45, 2.75) is 26.3 Å². The monoisotopic (exact) mass is 264 g/mol. The van der Waals surface area contributed by atoms with Crippen LogP contribution in [-0.2, 0) is 9.53 Å². The Hall–Kier alpha value is -1.39. The van der Waals surface area contributed by atoms with E-state index >= 15 is 0 Å². The summed E-state index contributed by atoms with van der Waals surface area (Å²) in [6.07, 6.45) is 0.893. The topological polar surface area (TPSA) is 64.3 Å². The number of amides is 1. The molecule has 106 valence electrons. The van der Waals surface area contributed by atoms with Crippen molar-refractivity contribution in [2.24, 2.45) is 11.1 Å². The highest BCUT2D eigenvalue weighted by Crippen LogP contribution is 2.19. The number of hydrogen-bond donors (Lipinski definition) is 2. The molecule has 0 heterocycles. The molecule has 0 spiro atoms. The molecule has 0 radical (unpaired) electrons. The Morgan fingerprint density at radius 1 is 1.37 bits per heavy atom. The zero-order valence-electron chi connectivity index (χ0n) is 12.0. The summed E-state index contributed by atoms with van der Waals surface area (Å²) in [5, 5.41) is 2.91. The van der Waals surface area contributed by atoms with Gasteiger partial charge in [-0.25, -0.2) is 0 Å². The Labute approximate surface area is 115 Å². The Morgan fingerprint density at radius 2 is 2.00 bits per heavy atom. The van der Waals surface area contributed by atoms with Crippen molar-refractivity contribution in [3.63, 3.8) is 0 Å². The molecule has 4 heteroatoms. The number of rotatable bonds is 7. The molecule has 0 aromatic heterocycles. The number of hydrogen-bond acceptors (Lipinski definition) is 3. The Bertz CT molecular complexity index is 390. The molecule has 0 aliphatic rings. The van der Waals surface area contributed by atoms with Crippen LogP contribution in [0, 0.1) is 5.41 Å². The lowest BCUT2D eigenvalue weighted by Crippen LogP contribution is -2.39. The Morgan fingerprint density at radius 3 is 2.58 bits per heavy atom. The van der Waals surface area contributed by atoms with Gasteiger partial charge in [-0.3, -0.25) is 4.79 Å². The molecule has 0 unspecified atom stereocenters. The molecule has 0 aliphatic heterocycles. The molecule has 4 nitrogen and oxygen atoms in total. The molecule has 0 saturated heterocycles. The van der Waals surface area contributed by atoms with Gasteiger partial charge in [0.2, 0.25) is 5.91 Å². The number of nitrogens with two attached hydrogens (primary N) is 1. The summed E-state index contributed by atoms with van der Waals surface area (Å²) in [6.45, 7) is 5.48. The molecule has 19 heavy (non-hydrogen) atoms. The van der Waals surface area contributed by atoms with Crippen molar-refractivity contribution < 1.29 is 9.53 Å². The number of carbonyl (C=O) groups is 1. The van der Waals surface area contributed by atoms with E-state index in [1.807, 2.05) is 30.3 Å². The normalized spacial score (nSPS) is 13.1. The van der Waals surface area contributed by atoms with Gasteiger partial charge in [-0.2, -0.15) is 0 Å². The predicted molar refractivity (Wildman–Crippen MR) is 76.7 cm³/mol. The van der Waals surface area contributed by atoms with Crippen LogP contribution in [-0.4, -0.2) is 26.2 Å². The second-order valence-electron chi connectivity index (χ2n) is 5.51. The largest absolute Gasteiger partial charge is 0.385 e. The second-order valence-corrected chi connectivity index (χ2v) is 5.51. The SMILES string of the molecule is COCCC(C)(C)CNC(=O)[C@@H](N)c1ccccc1. The quantitative estimate of drug-likeness (QED) is 0.790. The molecule has 0 aliphatic carbocycles. The van der Waals surface area contributed by atoms with E-state index in [1.54, 1.807) is 7.11 Å². The van der Waals surface area contributed by atoms with Crippen molar-refractivity contribution >= 4 is 5.91 Å². The first-order valence-corrected chi connectivity index (χ1v) is 6.53. The Balaban J connectivity index is 2.47. The van der Waals surface area contributed by atoms with E-state index in [1.165, 1.54) is 0 Å². The van der Waals surface area contributed by atoms with E-state index in [2.05, 4.69) is 19.2 Å². The third-order valence-electron chi connectivity index (χ3n) is 3.17. The molecule has 1 atom stereocenters. The highest BCUT2D eigenvalue weighted by atomic mass is 16.5. The molecule has 1 amide bonds. The summed E-state index contributed by atoms with van der Waals surface area (Å²) in [6, 6.07) is 8.78.